The molecule has 3 rings (SSSR count). The first-order chi connectivity index (χ1) is 18.5. The van der Waals surface area contributed by atoms with Gasteiger partial charge in [-0.1, -0.05) is 70.0 Å². The molecule has 0 aliphatic carbocycles. The first-order valence-electron chi connectivity index (χ1n) is 12.2. The number of rotatable bonds is 12. The first-order valence-corrected chi connectivity index (χ1v) is 15.2. The number of benzene rings is 3. The Morgan fingerprint density at radius 2 is 1.69 bits per heavy atom. The van der Waals surface area contributed by atoms with Crippen molar-refractivity contribution in [2.75, 3.05) is 30.8 Å². The molecule has 0 aliphatic heterocycles. The molecule has 8 nitrogen and oxygen atoms in total. The smallest absolute Gasteiger partial charge is 0.244 e. The van der Waals surface area contributed by atoms with E-state index in [9.17, 15) is 18.0 Å². The third-order valence-electron chi connectivity index (χ3n) is 5.99. The SMILES string of the molecule is CCNC(=O)[C@H](Cc1ccccc1)N(Cc1ccc(Br)cc1)C(=O)CN(c1ccc(OC)c(Cl)c1)S(C)(=O)=O. The normalized spacial score (nSPS) is 11.9. The number of likely N-dealkylation sites (N-methyl/N-ethyl adjacent to an activating group) is 1. The van der Waals surface area contributed by atoms with E-state index in [-0.39, 0.29) is 29.6 Å². The van der Waals surface area contributed by atoms with Crippen LogP contribution in [-0.4, -0.2) is 57.6 Å². The molecule has 1 atom stereocenters. The predicted molar refractivity (Wildman–Crippen MR) is 158 cm³/mol. The van der Waals surface area contributed by atoms with Gasteiger partial charge in [-0.05, 0) is 48.4 Å². The molecule has 0 saturated carbocycles. The fourth-order valence-corrected chi connectivity index (χ4v) is 5.41. The summed E-state index contributed by atoms with van der Waals surface area (Å²) in [6.45, 7) is 1.76. The van der Waals surface area contributed by atoms with Crippen LogP contribution in [0.1, 0.15) is 18.1 Å². The molecule has 0 spiro atoms. The summed E-state index contributed by atoms with van der Waals surface area (Å²) in [7, 11) is -2.45. The van der Waals surface area contributed by atoms with Crippen molar-refractivity contribution in [2.24, 2.45) is 0 Å². The van der Waals surface area contributed by atoms with Crippen molar-refractivity contribution >= 4 is 55.1 Å². The fraction of sp³-hybridized carbons (Fsp3) is 0.286. The highest BCUT2D eigenvalue weighted by Crippen LogP contribution is 2.30. The Bertz CT molecular complexity index is 1390. The van der Waals surface area contributed by atoms with Gasteiger partial charge in [0.05, 0.1) is 24.1 Å². The number of halogens is 2. The van der Waals surface area contributed by atoms with E-state index in [1.165, 1.54) is 30.2 Å². The summed E-state index contributed by atoms with van der Waals surface area (Å²) < 4.78 is 32.7. The largest absolute Gasteiger partial charge is 0.495 e. The third kappa shape index (κ3) is 8.45. The van der Waals surface area contributed by atoms with Crippen LogP contribution in [0.2, 0.25) is 5.02 Å². The monoisotopic (exact) mass is 635 g/mol. The Morgan fingerprint density at radius 3 is 2.26 bits per heavy atom. The van der Waals surface area contributed by atoms with Crippen LogP contribution in [0.5, 0.6) is 5.75 Å². The van der Waals surface area contributed by atoms with Gasteiger partial charge in [0.2, 0.25) is 21.8 Å². The summed E-state index contributed by atoms with van der Waals surface area (Å²) in [5.74, 6) is -0.496. The minimum Gasteiger partial charge on any atom is -0.495 e. The molecule has 0 unspecified atom stereocenters. The highest BCUT2D eigenvalue weighted by molar-refractivity contribution is 9.10. The third-order valence-corrected chi connectivity index (χ3v) is 7.96. The van der Waals surface area contributed by atoms with Crippen LogP contribution >= 0.6 is 27.5 Å². The van der Waals surface area contributed by atoms with Crippen LogP contribution in [0.25, 0.3) is 0 Å². The molecule has 39 heavy (non-hydrogen) atoms. The van der Waals surface area contributed by atoms with Crippen molar-refractivity contribution in [3.63, 3.8) is 0 Å². The average Bonchev–Trinajstić information content (AvgIpc) is 2.90. The van der Waals surface area contributed by atoms with Crippen molar-refractivity contribution in [2.45, 2.75) is 25.9 Å². The number of anilines is 1. The van der Waals surface area contributed by atoms with Crippen LogP contribution in [0.4, 0.5) is 5.69 Å². The molecule has 3 aromatic carbocycles. The average molecular weight is 637 g/mol. The molecule has 0 radical (unpaired) electrons. The summed E-state index contributed by atoms with van der Waals surface area (Å²) in [4.78, 5) is 28.7. The minimum atomic E-state index is -3.90. The molecule has 1 N–H and O–H groups in total. The number of nitrogens with one attached hydrogen (secondary N) is 1. The molecular weight excluding hydrogens is 606 g/mol. The van der Waals surface area contributed by atoms with Crippen LogP contribution in [0.15, 0.2) is 77.3 Å². The summed E-state index contributed by atoms with van der Waals surface area (Å²) in [6.07, 6.45) is 1.27. The van der Waals surface area contributed by atoms with Gasteiger partial charge in [-0.2, -0.15) is 0 Å². The maximum Gasteiger partial charge on any atom is 0.244 e. The van der Waals surface area contributed by atoms with E-state index in [1.807, 2.05) is 54.6 Å². The van der Waals surface area contributed by atoms with E-state index in [0.717, 1.165) is 26.2 Å². The summed E-state index contributed by atoms with van der Waals surface area (Å²) >= 11 is 9.68. The highest BCUT2D eigenvalue weighted by atomic mass is 79.9. The molecule has 0 bridgehead atoms. The van der Waals surface area contributed by atoms with Crippen molar-refractivity contribution in [1.29, 1.82) is 0 Å². The number of hydrogen-bond acceptors (Lipinski definition) is 5. The molecule has 208 valence electrons. The van der Waals surface area contributed by atoms with Crippen molar-refractivity contribution in [3.8, 4) is 5.75 Å². The predicted octanol–water partition coefficient (Wildman–Crippen LogP) is 4.65. The number of methoxy groups -OCH3 is 1. The van der Waals surface area contributed by atoms with Gasteiger partial charge in [-0.3, -0.25) is 13.9 Å². The van der Waals surface area contributed by atoms with Gasteiger partial charge in [-0.15, -0.1) is 0 Å². The number of carbonyl (C=O) groups is 2. The van der Waals surface area contributed by atoms with Crippen LogP contribution < -0.4 is 14.4 Å². The molecule has 0 heterocycles. The van der Waals surface area contributed by atoms with E-state index >= 15 is 0 Å². The second-order valence-corrected chi connectivity index (χ2v) is 12.1. The highest BCUT2D eigenvalue weighted by Gasteiger charge is 2.33. The standard InChI is InChI=1S/C28H31BrClN3O5S/c1-4-31-28(35)25(16-20-8-6-5-7-9-20)32(18-21-10-12-22(29)13-11-21)27(34)19-33(39(3,36)37)23-14-15-26(38-2)24(30)17-23/h5-15,17,25H,4,16,18-19H2,1-3H3,(H,31,35)/t25-/m0/s1. The van der Waals surface area contributed by atoms with Crippen molar-refractivity contribution in [3.05, 3.63) is 93.4 Å². The van der Waals surface area contributed by atoms with Gasteiger partial charge in [0.25, 0.3) is 0 Å². The van der Waals surface area contributed by atoms with Crippen molar-refractivity contribution in [1.82, 2.24) is 10.2 Å². The zero-order chi connectivity index (χ0) is 28.6. The number of carbonyl (C=O) groups excluding carboxylic acids is 2. The molecule has 0 aromatic heterocycles. The number of nitrogens with zero attached hydrogens (tertiary/aromatic N) is 2. The van der Waals surface area contributed by atoms with Crippen molar-refractivity contribution < 1.29 is 22.7 Å². The molecule has 3 aromatic rings. The molecule has 0 aliphatic rings. The van der Waals surface area contributed by atoms with E-state index in [2.05, 4.69) is 21.2 Å². The van der Waals surface area contributed by atoms with E-state index in [1.54, 1.807) is 6.92 Å². The lowest BCUT2D eigenvalue weighted by molar-refractivity contribution is -0.140. The quantitative estimate of drug-likeness (QED) is 0.312. The maximum absolute atomic E-state index is 14.0. The van der Waals surface area contributed by atoms with Gasteiger partial charge in [0, 0.05) is 24.0 Å². The van der Waals surface area contributed by atoms with Gasteiger partial charge in [0.1, 0.15) is 18.3 Å². The van der Waals surface area contributed by atoms with Gasteiger partial charge >= 0.3 is 0 Å². The Labute approximate surface area is 243 Å². The summed E-state index contributed by atoms with van der Waals surface area (Å²) in [5.41, 5.74) is 1.86. The zero-order valence-electron chi connectivity index (χ0n) is 21.9. The maximum atomic E-state index is 14.0. The summed E-state index contributed by atoms with van der Waals surface area (Å²) in [6, 6.07) is 20.4. The van der Waals surface area contributed by atoms with E-state index in [4.69, 9.17) is 16.3 Å². The van der Waals surface area contributed by atoms with Crippen LogP contribution in [0, 0.1) is 0 Å². The molecular formula is C28H31BrClN3O5S. The fourth-order valence-electron chi connectivity index (χ4n) is 4.06. The Kier molecular flexibility index (Phi) is 10.8. The zero-order valence-corrected chi connectivity index (χ0v) is 25.1. The van der Waals surface area contributed by atoms with Crippen LogP contribution in [0.3, 0.4) is 0 Å². The lowest BCUT2D eigenvalue weighted by Gasteiger charge is -2.33. The Hall–Kier alpha value is -3.08. The molecule has 0 saturated heterocycles. The topological polar surface area (TPSA) is 96.0 Å². The van der Waals surface area contributed by atoms with Gasteiger partial charge in [0.15, 0.2) is 0 Å². The lowest BCUT2D eigenvalue weighted by atomic mass is 10.0. The Morgan fingerprint density at radius 1 is 1.03 bits per heavy atom. The minimum absolute atomic E-state index is 0.0989. The number of ether oxygens (including phenoxy) is 1. The van der Waals surface area contributed by atoms with E-state index < -0.39 is 28.5 Å². The lowest BCUT2D eigenvalue weighted by Crippen LogP contribution is -2.53. The van der Waals surface area contributed by atoms with Crippen LogP contribution in [-0.2, 0) is 32.6 Å². The second kappa shape index (κ2) is 13.8. The molecule has 2 amide bonds. The van der Waals surface area contributed by atoms with Gasteiger partial charge < -0.3 is 15.0 Å². The molecule has 0 fully saturated rings. The second-order valence-electron chi connectivity index (χ2n) is 8.84. The number of hydrogen-bond donors (Lipinski definition) is 1. The number of sulfonamides is 1. The Balaban J connectivity index is 2.04. The molecule has 11 heteroatoms. The van der Waals surface area contributed by atoms with E-state index in [0.29, 0.717) is 12.3 Å². The summed E-state index contributed by atoms with van der Waals surface area (Å²) in [5, 5.41) is 3.03. The van der Waals surface area contributed by atoms with Gasteiger partial charge in [-0.25, -0.2) is 8.42 Å². The number of amides is 2. The first kappa shape index (κ1) is 30.5.